The second kappa shape index (κ2) is 6.71. The van der Waals surface area contributed by atoms with Crippen molar-refractivity contribution in [3.8, 4) is 5.75 Å². The van der Waals surface area contributed by atoms with E-state index in [-0.39, 0.29) is 0 Å². The molecule has 0 saturated heterocycles. The summed E-state index contributed by atoms with van der Waals surface area (Å²) in [7, 11) is 0. The van der Waals surface area contributed by atoms with Crippen molar-refractivity contribution in [3.63, 3.8) is 0 Å². The van der Waals surface area contributed by atoms with Gasteiger partial charge in [0.25, 0.3) is 0 Å². The van der Waals surface area contributed by atoms with Crippen LogP contribution in [0, 0.1) is 0 Å². The number of rotatable bonds is 6. The van der Waals surface area contributed by atoms with Crippen LogP contribution in [0.3, 0.4) is 0 Å². The number of ether oxygens (including phenoxy) is 1. The van der Waals surface area contributed by atoms with E-state index in [4.69, 9.17) is 4.74 Å². The minimum absolute atomic E-state index is 0.474. The Bertz CT molecular complexity index is 519. The third kappa shape index (κ3) is 3.80. The molecule has 1 aromatic carbocycles. The lowest BCUT2D eigenvalue weighted by molar-refractivity contribution is 0.297. The Labute approximate surface area is 119 Å². The molecule has 0 saturated carbocycles. The Kier molecular flexibility index (Phi) is 4.97. The Morgan fingerprint density at radius 1 is 1.26 bits per heavy atom. The number of aryl methyl sites for hydroxylation is 1. The molecule has 2 rings (SSSR count). The van der Waals surface area contributed by atoms with Gasteiger partial charge in [-0.3, -0.25) is 0 Å². The molecule has 2 nitrogen and oxygen atoms in total. The third-order valence-electron chi connectivity index (χ3n) is 2.98. The molecule has 0 atom stereocenters. The van der Waals surface area contributed by atoms with Gasteiger partial charge in [0, 0.05) is 5.38 Å². The van der Waals surface area contributed by atoms with Crippen molar-refractivity contribution in [1.29, 1.82) is 0 Å². The van der Waals surface area contributed by atoms with E-state index in [1.165, 1.54) is 10.6 Å². The van der Waals surface area contributed by atoms with Gasteiger partial charge < -0.3 is 4.74 Å². The summed E-state index contributed by atoms with van der Waals surface area (Å²) >= 11 is 1.73. The number of para-hydroxylation sites is 1. The lowest BCUT2D eigenvalue weighted by Crippen LogP contribution is -2.00. The van der Waals surface area contributed by atoms with E-state index < -0.39 is 0 Å². The first kappa shape index (κ1) is 14.1. The van der Waals surface area contributed by atoms with E-state index in [9.17, 15) is 0 Å². The third-order valence-corrected chi connectivity index (χ3v) is 3.94. The monoisotopic (exact) mass is 275 g/mol. The maximum absolute atomic E-state index is 5.92. The van der Waals surface area contributed by atoms with Crippen LogP contribution in [0.5, 0.6) is 5.75 Å². The first-order valence-electron chi connectivity index (χ1n) is 6.85. The van der Waals surface area contributed by atoms with Gasteiger partial charge in [0.1, 0.15) is 12.4 Å². The summed E-state index contributed by atoms with van der Waals surface area (Å²) in [6.45, 7) is 7.11. The van der Waals surface area contributed by atoms with Gasteiger partial charge in [-0.2, -0.15) is 0 Å². The van der Waals surface area contributed by atoms with Crippen LogP contribution in [0.1, 0.15) is 49.4 Å². The maximum Gasteiger partial charge on any atom is 0.131 e. The van der Waals surface area contributed by atoms with Crippen molar-refractivity contribution in [1.82, 2.24) is 4.98 Å². The fourth-order valence-electron chi connectivity index (χ4n) is 1.98. The van der Waals surface area contributed by atoms with Crippen molar-refractivity contribution in [2.24, 2.45) is 0 Å². The van der Waals surface area contributed by atoms with E-state index in [2.05, 4.69) is 43.3 Å². The zero-order valence-electron chi connectivity index (χ0n) is 11.8. The van der Waals surface area contributed by atoms with Crippen molar-refractivity contribution in [2.75, 3.05) is 0 Å². The van der Waals surface area contributed by atoms with Gasteiger partial charge in [0.2, 0.25) is 0 Å². The highest BCUT2D eigenvalue weighted by atomic mass is 32.1. The molecule has 0 N–H and O–H groups in total. The van der Waals surface area contributed by atoms with Gasteiger partial charge in [-0.1, -0.05) is 39.0 Å². The molecule has 0 radical (unpaired) electrons. The number of nitrogens with zero attached hydrogens (tertiary/aromatic N) is 1. The lowest BCUT2D eigenvalue weighted by atomic mass is 10.0. The van der Waals surface area contributed by atoms with Gasteiger partial charge >= 0.3 is 0 Å². The van der Waals surface area contributed by atoms with E-state index in [0.717, 1.165) is 24.3 Å². The molecule has 0 spiro atoms. The van der Waals surface area contributed by atoms with Gasteiger partial charge in [0.15, 0.2) is 0 Å². The Hall–Kier alpha value is -1.35. The van der Waals surface area contributed by atoms with Gasteiger partial charge in [-0.05, 0) is 30.4 Å². The van der Waals surface area contributed by atoms with Crippen LogP contribution in [0.2, 0.25) is 0 Å². The highest BCUT2D eigenvalue weighted by Crippen LogP contribution is 2.26. The number of hydrogen-bond donors (Lipinski definition) is 0. The molecule has 19 heavy (non-hydrogen) atoms. The summed E-state index contributed by atoms with van der Waals surface area (Å²) in [4.78, 5) is 4.58. The predicted octanol–water partition coefficient (Wildman–Crippen LogP) is 4.80. The van der Waals surface area contributed by atoms with Gasteiger partial charge in [-0.15, -0.1) is 11.3 Å². The number of thiazole rings is 1. The van der Waals surface area contributed by atoms with E-state index in [0.29, 0.717) is 12.5 Å². The summed E-state index contributed by atoms with van der Waals surface area (Å²) in [5, 5.41) is 3.31. The maximum atomic E-state index is 5.92. The fourth-order valence-corrected chi connectivity index (χ4v) is 2.87. The molecule has 0 aliphatic carbocycles. The van der Waals surface area contributed by atoms with Crippen molar-refractivity contribution in [2.45, 2.75) is 46.1 Å². The average Bonchev–Trinajstić information content (AvgIpc) is 2.85. The average molecular weight is 275 g/mol. The van der Waals surface area contributed by atoms with Crippen LogP contribution < -0.4 is 4.74 Å². The van der Waals surface area contributed by atoms with E-state index in [1.54, 1.807) is 11.3 Å². The fraction of sp³-hybridized carbons (Fsp3) is 0.438. The quantitative estimate of drug-likeness (QED) is 0.755. The molecular formula is C16H21NOS. The first-order valence-corrected chi connectivity index (χ1v) is 7.73. The molecule has 1 aromatic heterocycles. The van der Waals surface area contributed by atoms with Crippen LogP contribution in [0.15, 0.2) is 29.6 Å². The smallest absolute Gasteiger partial charge is 0.131 e. The summed E-state index contributed by atoms with van der Waals surface area (Å²) in [6.07, 6.45) is 2.21. The molecule has 3 heteroatoms. The Balaban J connectivity index is 2.01. The molecule has 0 amide bonds. The molecule has 102 valence electrons. The molecule has 0 aliphatic rings. The minimum atomic E-state index is 0.474. The van der Waals surface area contributed by atoms with Crippen LogP contribution >= 0.6 is 11.3 Å². The van der Waals surface area contributed by atoms with Crippen molar-refractivity contribution >= 4 is 11.3 Å². The molecule has 0 unspecified atom stereocenters. The summed E-state index contributed by atoms with van der Waals surface area (Å²) in [6, 6.07) is 8.24. The highest BCUT2D eigenvalue weighted by molar-refractivity contribution is 7.09. The van der Waals surface area contributed by atoms with E-state index >= 15 is 0 Å². The number of aromatic nitrogens is 1. The predicted molar refractivity (Wildman–Crippen MR) is 81.0 cm³/mol. The van der Waals surface area contributed by atoms with Crippen LogP contribution in [-0.4, -0.2) is 4.98 Å². The highest BCUT2D eigenvalue weighted by Gasteiger charge is 2.08. The summed E-state index contributed by atoms with van der Waals surface area (Å²) < 4.78 is 5.92. The molecular weight excluding hydrogens is 254 g/mol. The number of hydrogen-bond acceptors (Lipinski definition) is 3. The van der Waals surface area contributed by atoms with Crippen LogP contribution in [0.25, 0.3) is 0 Å². The zero-order chi connectivity index (χ0) is 13.7. The normalized spacial score (nSPS) is 10.9. The van der Waals surface area contributed by atoms with Gasteiger partial charge in [0.05, 0.1) is 10.7 Å². The van der Waals surface area contributed by atoms with Crippen LogP contribution in [-0.2, 0) is 13.0 Å². The second-order valence-corrected chi connectivity index (χ2v) is 5.91. The van der Waals surface area contributed by atoms with Crippen LogP contribution in [0.4, 0.5) is 0 Å². The lowest BCUT2D eigenvalue weighted by Gasteiger charge is -2.12. The molecule has 0 aliphatic heterocycles. The summed E-state index contributed by atoms with van der Waals surface area (Å²) in [5.41, 5.74) is 2.29. The standard InChI is InChI=1S/C16H21NOS/c1-4-7-16-17-13(11-19-16)10-18-15-9-6-5-8-14(15)12(2)3/h5-6,8-9,11-12H,4,7,10H2,1-3H3. The molecule has 0 bridgehead atoms. The van der Waals surface area contributed by atoms with Gasteiger partial charge in [-0.25, -0.2) is 4.98 Å². The van der Waals surface area contributed by atoms with Crippen molar-refractivity contribution < 1.29 is 4.74 Å². The minimum Gasteiger partial charge on any atom is -0.487 e. The summed E-state index contributed by atoms with van der Waals surface area (Å²) in [5.74, 6) is 1.45. The largest absolute Gasteiger partial charge is 0.487 e. The van der Waals surface area contributed by atoms with Crippen molar-refractivity contribution in [3.05, 3.63) is 45.9 Å². The topological polar surface area (TPSA) is 22.1 Å². The molecule has 2 aromatic rings. The molecule has 1 heterocycles. The zero-order valence-corrected chi connectivity index (χ0v) is 12.7. The Morgan fingerprint density at radius 3 is 2.79 bits per heavy atom. The first-order chi connectivity index (χ1) is 9.20. The molecule has 0 fully saturated rings. The number of benzene rings is 1. The van der Waals surface area contributed by atoms with E-state index in [1.807, 2.05) is 12.1 Å². The Morgan fingerprint density at radius 2 is 2.05 bits per heavy atom. The SMILES string of the molecule is CCCc1nc(COc2ccccc2C(C)C)cs1. The second-order valence-electron chi connectivity index (χ2n) is 4.96.